The molecule has 3 aromatic rings. The van der Waals surface area contributed by atoms with Gasteiger partial charge in [0.1, 0.15) is 0 Å². The van der Waals surface area contributed by atoms with E-state index in [9.17, 15) is 0 Å². The summed E-state index contributed by atoms with van der Waals surface area (Å²) >= 11 is 5.31. The van der Waals surface area contributed by atoms with E-state index in [0.29, 0.717) is 10.6 Å². The zero-order valence-corrected chi connectivity index (χ0v) is 14.7. The molecule has 24 heavy (non-hydrogen) atoms. The van der Waals surface area contributed by atoms with E-state index >= 15 is 0 Å². The first-order valence-corrected chi connectivity index (χ1v) is 8.02. The second-order valence-electron chi connectivity index (χ2n) is 5.71. The summed E-state index contributed by atoms with van der Waals surface area (Å²) in [6.07, 6.45) is 1.80. The SMILES string of the molecule is Cc1ccccc1C=Nn1c(-c2ccc(N(C)C)cc2)n[nH]c1=S. The number of rotatable bonds is 4. The molecule has 0 bridgehead atoms. The van der Waals surface area contributed by atoms with Crippen molar-refractivity contribution < 1.29 is 0 Å². The molecule has 0 amide bonds. The van der Waals surface area contributed by atoms with Crippen LogP contribution in [0.15, 0.2) is 53.6 Å². The highest BCUT2D eigenvalue weighted by atomic mass is 32.1. The number of aromatic nitrogens is 3. The largest absolute Gasteiger partial charge is 0.378 e. The number of anilines is 1. The van der Waals surface area contributed by atoms with Crippen molar-refractivity contribution in [1.82, 2.24) is 14.9 Å². The standard InChI is InChI=1S/C18H19N5S/c1-13-6-4-5-7-15(13)12-19-23-17(20-21-18(23)24)14-8-10-16(11-9-14)22(2)3/h4-12H,1-3H3,(H,21,24). The molecule has 0 aliphatic carbocycles. The second-order valence-corrected chi connectivity index (χ2v) is 6.09. The molecule has 0 saturated carbocycles. The van der Waals surface area contributed by atoms with E-state index in [1.165, 1.54) is 0 Å². The Labute approximate surface area is 146 Å². The molecule has 0 atom stereocenters. The zero-order valence-electron chi connectivity index (χ0n) is 13.9. The van der Waals surface area contributed by atoms with E-state index in [1.807, 2.05) is 56.6 Å². The smallest absolute Gasteiger partial charge is 0.216 e. The maximum Gasteiger partial charge on any atom is 0.216 e. The Hall–Kier alpha value is -2.73. The van der Waals surface area contributed by atoms with Crippen LogP contribution >= 0.6 is 12.2 Å². The predicted octanol–water partition coefficient (Wildman–Crippen LogP) is 3.86. The molecule has 122 valence electrons. The number of nitrogens with zero attached hydrogens (tertiary/aromatic N) is 4. The minimum Gasteiger partial charge on any atom is -0.378 e. The molecule has 0 unspecified atom stereocenters. The Balaban J connectivity index is 1.97. The molecular formula is C18H19N5S. The molecule has 5 nitrogen and oxygen atoms in total. The van der Waals surface area contributed by atoms with Gasteiger partial charge in [0, 0.05) is 25.3 Å². The average Bonchev–Trinajstić information content (AvgIpc) is 2.95. The maximum atomic E-state index is 5.31. The lowest BCUT2D eigenvalue weighted by Crippen LogP contribution is -2.08. The van der Waals surface area contributed by atoms with Crippen LogP contribution in [-0.4, -0.2) is 35.2 Å². The van der Waals surface area contributed by atoms with Gasteiger partial charge in [-0.2, -0.15) is 14.9 Å². The number of hydrogen-bond donors (Lipinski definition) is 1. The van der Waals surface area contributed by atoms with Gasteiger partial charge in [0.2, 0.25) is 4.77 Å². The van der Waals surface area contributed by atoms with Gasteiger partial charge in [-0.05, 0) is 54.5 Å². The Morgan fingerprint density at radius 1 is 1.12 bits per heavy atom. The molecule has 0 saturated heterocycles. The first kappa shape index (κ1) is 16.1. The summed E-state index contributed by atoms with van der Waals surface area (Å²) in [6, 6.07) is 16.2. The van der Waals surface area contributed by atoms with Crippen LogP contribution < -0.4 is 4.90 Å². The molecule has 1 aromatic heterocycles. The van der Waals surface area contributed by atoms with Gasteiger partial charge in [-0.25, -0.2) is 5.10 Å². The Morgan fingerprint density at radius 2 is 1.83 bits per heavy atom. The van der Waals surface area contributed by atoms with Gasteiger partial charge in [0.25, 0.3) is 0 Å². The van der Waals surface area contributed by atoms with Crippen molar-refractivity contribution in [3.8, 4) is 11.4 Å². The van der Waals surface area contributed by atoms with E-state index in [4.69, 9.17) is 12.2 Å². The summed E-state index contributed by atoms with van der Waals surface area (Å²) in [5.74, 6) is 0.690. The van der Waals surface area contributed by atoms with Crippen molar-refractivity contribution >= 4 is 24.1 Å². The molecule has 0 aliphatic heterocycles. The van der Waals surface area contributed by atoms with Crippen molar-refractivity contribution in [1.29, 1.82) is 0 Å². The highest BCUT2D eigenvalue weighted by molar-refractivity contribution is 7.71. The van der Waals surface area contributed by atoms with Crippen molar-refractivity contribution in [3.05, 3.63) is 64.4 Å². The van der Waals surface area contributed by atoms with E-state index in [2.05, 4.69) is 33.2 Å². The van der Waals surface area contributed by atoms with Crippen LogP contribution in [-0.2, 0) is 0 Å². The van der Waals surface area contributed by atoms with Crippen LogP contribution in [0.25, 0.3) is 11.4 Å². The third-order valence-electron chi connectivity index (χ3n) is 3.79. The first-order valence-electron chi connectivity index (χ1n) is 7.61. The van der Waals surface area contributed by atoms with E-state index < -0.39 is 0 Å². The number of aryl methyl sites for hydroxylation is 1. The molecule has 1 heterocycles. The Morgan fingerprint density at radius 3 is 2.50 bits per heavy atom. The van der Waals surface area contributed by atoms with E-state index in [0.717, 1.165) is 22.4 Å². The minimum atomic E-state index is 0.464. The molecule has 6 heteroatoms. The van der Waals surface area contributed by atoms with Gasteiger partial charge in [-0.15, -0.1) is 0 Å². The lowest BCUT2D eigenvalue weighted by molar-refractivity contribution is 0.871. The molecule has 0 fully saturated rings. The lowest BCUT2D eigenvalue weighted by Gasteiger charge is -2.12. The fourth-order valence-electron chi connectivity index (χ4n) is 2.35. The van der Waals surface area contributed by atoms with Crippen molar-refractivity contribution in [2.75, 3.05) is 19.0 Å². The summed E-state index contributed by atoms with van der Waals surface area (Å²) in [4.78, 5) is 2.05. The van der Waals surface area contributed by atoms with Gasteiger partial charge in [0.15, 0.2) is 5.82 Å². The van der Waals surface area contributed by atoms with Crippen LogP contribution in [0.5, 0.6) is 0 Å². The summed E-state index contributed by atoms with van der Waals surface area (Å²) < 4.78 is 2.11. The summed E-state index contributed by atoms with van der Waals surface area (Å²) in [6.45, 7) is 2.05. The third-order valence-corrected chi connectivity index (χ3v) is 4.06. The van der Waals surface area contributed by atoms with Crippen LogP contribution in [0.4, 0.5) is 5.69 Å². The number of benzene rings is 2. The number of H-pyrrole nitrogens is 1. The molecule has 3 rings (SSSR count). The molecule has 2 aromatic carbocycles. The van der Waals surface area contributed by atoms with Crippen LogP contribution in [0.1, 0.15) is 11.1 Å². The van der Waals surface area contributed by atoms with Gasteiger partial charge in [0.05, 0.1) is 6.21 Å². The molecule has 0 spiro atoms. The molecule has 0 aliphatic rings. The summed E-state index contributed by atoms with van der Waals surface area (Å²) in [7, 11) is 4.02. The van der Waals surface area contributed by atoms with Gasteiger partial charge in [-0.1, -0.05) is 24.3 Å². The lowest BCUT2D eigenvalue weighted by atomic mass is 10.1. The fraction of sp³-hybridized carbons (Fsp3) is 0.167. The summed E-state index contributed by atoms with van der Waals surface area (Å²) in [5, 5.41) is 11.6. The quantitative estimate of drug-likeness (QED) is 0.581. The van der Waals surface area contributed by atoms with Crippen LogP contribution in [0.3, 0.4) is 0 Å². The van der Waals surface area contributed by atoms with Crippen molar-refractivity contribution in [2.24, 2.45) is 5.10 Å². The minimum absolute atomic E-state index is 0.464. The average molecular weight is 337 g/mol. The molecular weight excluding hydrogens is 318 g/mol. The van der Waals surface area contributed by atoms with Gasteiger partial charge >= 0.3 is 0 Å². The predicted molar refractivity (Wildman–Crippen MR) is 101 cm³/mol. The maximum absolute atomic E-state index is 5.31. The molecule has 1 N–H and O–H groups in total. The third kappa shape index (κ3) is 3.28. The zero-order chi connectivity index (χ0) is 17.1. The highest BCUT2D eigenvalue weighted by Crippen LogP contribution is 2.21. The van der Waals surface area contributed by atoms with E-state index in [1.54, 1.807) is 10.9 Å². The normalized spacial score (nSPS) is 11.1. The Bertz CT molecular complexity index is 919. The van der Waals surface area contributed by atoms with E-state index in [-0.39, 0.29) is 0 Å². The Kier molecular flexibility index (Phi) is 4.57. The van der Waals surface area contributed by atoms with Crippen LogP contribution in [0, 0.1) is 11.7 Å². The first-order chi connectivity index (χ1) is 11.6. The number of nitrogens with one attached hydrogen (secondary N) is 1. The van der Waals surface area contributed by atoms with Crippen molar-refractivity contribution in [2.45, 2.75) is 6.92 Å². The molecule has 0 radical (unpaired) electrons. The van der Waals surface area contributed by atoms with Gasteiger partial charge in [-0.3, -0.25) is 0 Å². The van der Waals surface area contributed by atoms with Gasteiger partial charge < -0.3 is 4.90 Å². The summed E-state index contributed by atoms with van der Waals surface area (Å²) in [5.41, 5.74) is 4.29. The monoisotopic (exact) mass is 337 g/mol. The second kappa shape index (κ2) is 6.80. The number of hydrogen-bond acceptors (Lipinski definition) is 4. The van der Waals surface area contributed by atoms with Crippen LogP contribution in [0.2, 0.25) is 0 Å². The van der Waals surface area contributed by atoms with Crippen molar-refractivity contribution in [3.63, 3.8) is 0 Å². The fourth-order valence-corrected chi connectivity index (χ4v) is 2.53. The highest BCUT2D eigenvalue weighted by Gasteiger charge is 2.08. The number of aromatic amines is 1. The topological polar surface area (TPSA) is 49.2 Å².